The second kappa shape index (κ2) is 5.36. The molecule has 0 unspecified atom stereocenters. The minimum absolute atomic E-state index is 0.644. The van der Waals surface area contributed by atoms with Crippen LogP contribution in [0.25, 0.3) is 0 Å². The van der Waals surface area contributed by atoms with Crippen molar-refractivity contribution in [2.45, 2.75) is 39.2 Å². The number of hydrogen-bond donors (Lipinski definition) is 1. The Morgan fingerprint density at radius 3 is 3.15 bits per heavy atom. The molecule has 0 aliphatic rings. The van der Waals surface area contributed by atoms with Crippen molar-refractivity contribution in [2.75, 3.05) is 0 Å². The van der Waals surface area contributed by atoms with E-state index >= 15 is 0 Å². The van der Waals surface area contributed by atoms with Gasteiger partial charge in [-0.25, -0.2) is 9.55 Å². The zero-order valence-corrected chi connectivity index (χ0v) is 8.08. The predicted octanol–water partition coefficient (Wildman–Crippen LogP) is 1.56. The van der Waals surface area contributed by atoms with Gasteiger partial charge in [-0.1, -0.05) is 6.92 Å². The number of rotatable bonds is 5. The fourth-order valence-corrected chi connectivity index (χ4v) is 1.40. The minimum atomic E-state index is 0.644. The van der Waals surface area contributed by atoms with Crippen molar-refractivity contribution in [2.24, 2.45) is 0 Å². The lowest BCUT2D eigenvalue weighted by Gasteiger charge is -1.96. The Hall–Kier alpha value is -1.30. The van der Waals surface area contributed by atoms with Crippen molar-refractivity contribution in [3.05, 3.63) is 18.2 Å². The van der Waals surface area contributed by atoms with Gasteiger partial charge in [0.25, 0.3) is 5.82 Å². The SMILES string of the molecule is CCC[n+]1cc[nH]c1CCCC#N. The first kappa shape index (κ1) is 9.79. The third kappa shape index (κ3) is 2.90. The van der Waals surface area contributed by atoms with Crippen LogP contribution in [0.15, 0.2) is 12.4 Å². The summed E-state index contributed by atoms with van der Waals surface area (Å²) in [6.45, 7) is 3.23. The summed E-state index contributed by atoms with van der Waals surface area (Å²) in [7, 11) is 0. The van der Waals surface area contributed by atoms with Gasteiger partial charge in [-0.3, -0.25) is 0 Å². The summed E-state index contributed by atoms with van der Waals surface area (Å²) in [5, 5.41) is 8.40. The standard InChI is InChI=1S/C10H15N3/c1-2-8-13-9-7-12-10(13)5-3-4-6-11/h7,9H,2-5,8H2,1H3/p+1. The molecule has 0 aromatic carbocycles. The lowest BCUT2D eigenvalue weighted by Crippen LogP contribution is -2.35. The summed E-state index contributed by atoms with van der Waals surface area (Å²) in [6, 6.07) is 2.16. The molecule has 1 aromatic heterocycles. The summed E-state index contributed by atoms with van der Waals surface area (Å²) < 4.78 is 2.22. The first-order valence-electron chi connectivity index (χ1n) is 4.81. The van der Waals surface area contributed by atoms with Crippen LogP contribution in [0.1, 0.15) is 32.0 Å². The number of hydrogen-bond acceptors (Lipinski definition) is 1. The molecule has 1 rings (SSSR count). The summed E-state index contributed by atoms with van der Waals surface area (Å²) in [4.78, 5) is 3.20. The molecule has 0 fully saturated rings. The van der Waals surface area contributed by atoms with E-state index in [1.54, 1.807) is 0 Å². The lowest BCUT2D eigenvalue weighted by atomic mass is 10.2. The molecule has 0 spiro atoms. The third-order valence-corrected chi connectivity index (χ3v) is 2.02. The van der Waals surface area contributed by atoms with Crippen molar-refractivity contribution >= 4 is 0 Å². The molecule has 13 heavy (non-hydrogen) atoms. The number of imidazole rings is 1. The van der Waals surface area contributed by atoms with Crippen LogP contribution in [0.3, 0.4) is 0 Å². The molecular weight excluding hydrogens is 162 g/mol. The van der Waals surface area contributed by atoms with Crippen LogP contribution in [0.4, 0.5) is 0 Å². The second-order valence-electron chi connectivity index (χ2n) is 3.11. The fraction of sp³-hybridized carbons (Fsp3) is 0.600. The van der Waals surface area contributed by atoms with Gasteiger partial charge in [-0.2, -0.15) is 5.26 Å². The van der Waals surface area contributed by atoms with E-state index in [0.717, 1.165) is 25.8 Å². The van der Waals surface area contributed by atoms with Crippen molar-refractivity contribution in [1.82, 2.24) is 4.98 Å². The van der Waals surface area contributed by atoms with Gasteiger partial charge < -0.3 is 0 Å². The summed E-state index contributed by atoms with van der Waals surface area (Å²) in [6.07, 6.45) is 7.72. The highest BCUT2D eigenvalue weighted by molar-refractivity contribution is 4.80. The Bertz CT molecular complexity index is 283. The molecule has 0 amide bonds. The van der Waals surface area contributed by atoms with Gasteiger partial charge in [0.2, 0.25) is 0 Å². The average molecular weight is 178 g/mol. The summed E-state index contributed by atoms with van der Waals surface area (Å²) in [5.74, 6) is 1.23. The number of aromatic nitrogens is 2. The number of unbranched alkanes of at least 4 members (excludes halogenated alkanes) is 1. The van der Waals surface area contributed by atoms with E-state index in [1.807, 2.05) is 6.20 Å². The smallest absolute Gasteiger partial charge is 0.248 e. The molecular formula is C10H16N3+. The fourth-order valence-electron chi connectivity index (χ4n) is 1.40. The van der Waals surface area contributed by atoms with Crippen LogP contribution in [0.2, 0.25) is 0 Å². The van der Waals surface area contributed by atoms with E-state index < -0.39 is 0 Å². The maximum atomic E-state index is 8.40. The van der Waals surface area contributed by atoms with Gasteiger partial charge >= 0.3 is 0 Å². The number of aromatic amines is 1. The van der Waals surface area contributed by atoms with E-state index in [1.165, 1.54) is 5.82 Å². The molecule has 0 saturated carbocycles. The van der Waals surface area contributed by atoms with E-state index in [9.17, 15) is 0 Å². The Kier molecular flexibility index (Phi) is 4.04. The molecule has 3 nitrogen and oxygen atoms in total. The van der Waals surface area contributed by atoms with Crippen LogP contribution in [0, 0.1) is 11.3 Å². The van der Waals surface area contributed by atoms with Gasteiger partial charge in [-0.05, 0) is 12.8 Å². The minimum Gasteiger partial charge on any atom is -0.248 e. The molecule has 3 heteroatoms. The van der Waals surface area contributed by atoms with E-state index in [4.69, 9.17) is 5.26 Å². The number of nitrogens with one attached hydrogen (secondary N) is 1. The zero-order valence-electron chi connectivity index (χ0n) is 8.08. The Morgan fingerprint density at radius 2 is 2.46 bits per heavy atom. The lowest BCUT2D eigenvalue weighted by molar-refractivity contribution is -0.702. The van der Waals surface area contributed by atoms with Gasteiger partial charge in [0.05, 0.1) is 19.0 Å². The second-order valence-corrected chi connectivity index (χ2v) is 3.11. The molecule has 0 bridgehead atoms. The summed E-state index contributed by atoms with van der Waals surface area (Å²) in [5.41, 5.74) is 0. The molecule has 0 atom stereocenters. The highest BCUT2D eigenvalue weighted by Crippen LogP contribution is 1.96. The van der Waals surface area contributed by atoms with Gasteiger partial charge in [0.15, 0.2) is 0 Å². The van der Waals surface area contributed by atoms with Crippen LogP contribution in [-0.4, -0.2) is 4.98 Å². The quantitative estimate of drug-likeness (QED) is 0.539. The van der Waals surface area contributed by atoms with Crippen LogP contribution in [0.5, 0.6) is 0 Å². The zero-order chi connectivity index (χ0) is 9.52. The van der Waals surface area contributed by atoms with Crippen LogP contribution < -0.4 is 4.57 Å². The van der Waals surface area contributed by atoms with Gasteiger partial charge in [0.1, 0.15) is 12.4 Å². The Labute approximate surface area is 79.0 Å². The number of aryl methyl sites for hydroxylation is 2. The summed E-state index contributed by atoms with van der Waals surface area (Å²) >= 11 is 0. The molecule has 1 N–H and O–H groups in total. The van der Waals surface area contributed by atoms with E-state index in [0.29, 0.717) is 6.42 Å². The monoisotopic (exact) mass is 178 g/mol. The van der Waals surface area contributed by atoms with Crippen molar-refractivity contribution in [3.8, 4) is 6.07 Å². The number of H-pyrrole nitrogens is 1. The molecule has 70 valence electrons. The van der Waals surface area contributed by atoms with Gasteiger partial charge in [-0.15, -0.1) is 0 Å². The van der Waals surface area contributed by atoms with E-state index in [2.05, 4.69) is 28.7 Å². The topological polar surface area (TPSA) is 43.5 Å². The van der Waals surface area contributed by atoms with E-state index in [-0.39, 0.29) is 0 Å². The Balaban J connectivity index is 2.46. The van der Waals surface area contributed by atoms with Crippen LogP contribution in [-0.2, 0) is 13.0 Å². The molecule has 0 aliphatic carbocycles. The Morgan fingerprint density at radius 1 is 1.62 bits per heavy atom. The van der Waals surface area contributed by atoms with Crippen LogP contribution >= 0.6 is 0 Å². The highest BCUT2D eigenvalue weighted by Gasteiger charge is 2.07. The van der Waals surface area contributed by atoms with Crippen molar-refractivity contribution < 1.29 is 4.57 Å². The first-order chi connectivity index (χ1) is 6.38. The third-order valence-electron chi connectivity index (χ3n) is 2.02. The molecule has 1 heterocycles. The normalized spacial score (nSPS) is 9.85. The highest BCUT2D eigenvalue weighted by atomic mass is 15.1. The molecule has 0 saturated heterocycles. The van der Waals surface area contributed by atoms with Crippen molar-refractivity contribution in [1.29, 1.82) is 5.26 Å². The molecule has 0 aliphatic heterocycles. The van der Waals surface area contributed by atoms with Gasteiger partial charge in [0, 0.05) is 6.42 Å². The molecule has 0 radical (unpaired) electrons. The predicted molar refractivity (Wildman–Crippen MR) is 49.8 cm³/mol. The first-order valence-corrected chi connectivity index (χ1v) is 4.81. The molecule has 1 aromatic rings. The largest absolute Gasteiger partial charge is 0.254 e. The number of nitriles is 1. The maximum absolute atomic E-state index is 8.40. The number of nitrogens with zero attached hydrogens (tertiary/aromatic N) is 2. The van der Waals surface area contributed by atoms with Crippen molar-refractivity contribution in [3.63, 3.8) is 0 Å². The maximum Gasteiger partial charge on any atom is 0.254 e. The average Bonchev–Trinajstić information content (AvgIpc) is 2.54.